The normalized spacial score (nSPS) is 10.5. The number of aromatic nitrogens is 5. The van der Waals surface area contributed by atoms with E-state index in [1.807, 2.05) is 48.5 Å². The molecule has 0 atom stereocenters. The van der Waals surface area contributed by atoms with Crippen molar-refractivity contribution in [2.24, 2.45) is 0 Å². The van der Waals surface area contributed by atoms with Crippen molar-refractivity contribution in [1.82, 2.24) is 24.6 Å². The Hall–Kier alpha value is -3.76. The number of carbonyl (C=O) groups is 1. The van der Waals surface area contributed by atoms with Crippen LogP contribution in [-0.2, 0) is 44.0 Å². The van der Waals surface area contributed by atoms with Gasteiger partial charge in [-0.05, 0) is 42.0 Å². The zero-order valence-electron chi connectivity index (χ0n) is 21.9. The molecule has 3 aromatic heterocycles. The standard InChI is InChI=1S/C25H24N8O.C3H5F.Y/c1-15(2)21-13-30-33-23(21)31-24(26)32-25(33)28-12-17-5-3-4-6-19(17)22-20-8-7-18(29-14-34)11-16(20)9-10-27-22;1-3(2)4;/h3-11,13-15H,12H2,1-2H3,(H4,26,27,28,29,30,31,32,34);1H2,2H3;/p-1. The van der Waals surface area contributed by atoms with Gasteiger partial charge in [0.15, 0.2) is 5.95 Å². The van der Waals surface area contributed by atoms with Crippen LogP contribution in [0.4, 0.5) is 22.0 Å². The molecule has 9 nitrogen and oxygen atoms in total. The predicted molar refractivity (Wildman–Crippen MR) is 149 cm³/mol. The Morgan fingerprint density at radius 1 is 1.18 bits per heavy atom. The molecule has 5 rings (SSSR count). The number of carbonyl (C=O) groups excluding carboxylic acids is 1. The summed E-state index contributed by atoms with van der Waals surface area (Å²) in [5, 5.41) is 12.4. The number of anilines is 2. The molecule has 0 unspecified atom stereocenters. The fourth-order valence-corrected chi connectivity index (χ4v) is 4.05. The molecule has 39 heavy (non-hydrogen) atoms. The molecule has 1 radical (unpaired) electrons. The second-order valence-electron chi connectivity index (χ2n) is 8.91. The van der Waals surface area contributed by atoms with Crippen LogP contribution >= 0.6 is 0 Å². The molecule has 0 aliphatic heterocycles. The van der Waals surface area contributed by atoms with Crippen LogP contribution in [0.1, 0.15) is 37.8 Å². The summed E-state index contributed by atoms with van der Waals surface area (Å²) >= 11 is 0. The number of halogens is 1. The van der Waals surface area contributed by atoms with Gasteiger partial charge in [-0.1, -0.05) is 50.8 Å². The van der Waals surface area contributed by atoms with E-state index in [1.54, 1.807) is 16.9 Å². The summed E-state index contributed by atoms with van der Waals surface area (Å²) in [7, 11) is 0. The van der Waals surface area contributed by atoms with E-state index < -0.39 is 0 Å². The van der Waals surface area contributed by atoms with Gasteiger partial charge in [-0.2, -0.15) is 5.10 Å². The van der Waals surface area contributed by atoms with E-state index in [4.69, 9.17) is 5.73 Å². The number of benzene rings is 2. The Kier molecular flexibility index (Phi) is 10.2. The molecule has 0 saturated heterocycles. The van der Waals surface area contributed by atoms with Gasteiger partial charge in [0, 0.05) is 73.6 Å². The molecule has 3 N–H and O–H groups in total. The molecule has 2 aromatic carbocycles. The van der Waals surface area contributed by atoms with Gasteiger partial charge < -0.3 is 26.3 Å². The van der Waals surface area contributed by atoms with Crippen LogP contribution in [0, 0.1) is 0 Å². The van der Waals surface area contributed by atoms with Crippen molar-refractivity contribution in [3.63, 3.8) is 0 Å². The number of hydrogen-bond donors (Lipinski definition) is 2. The molecular weight excluding hydrogens is 572 g/mol. The first-order chi connectivity index (χ1) is 18.3. The van der Waals surface area contributed by atoms with Crippen LogP contribution in [0.3, 0.4) is 0 Å². The first kappa shape index (κ1) is 29.8. The molecular formula is C28H28FN8OY-. The van der Waals surface area contributed by atoms with Crippen molar-refractivity contribution < 1.29 is 41.9 Å². The van der Waals surface area contributed by atoms with Gasteiger partial charge in [0.1, 0.15) is 0 Å². The van der Waals surface area contributed by atoms with Gasteiger partial charge in [-0.3, -0.25) is 9.78 Å². The predicted octanol–water partition coefficient (Wildman–Crippen LogP) is 6.81. The maximum absolute atomic E-state index is 10.8. The fraction of sp³-hybridized carbons (Fsp3) is 0.179. The number of fused-ring (bicyclic) bond motifs is 2. The van der Waals surface area contributed by atoms with Gasteiger partial charge in [0.2, 0.25) is 6.41 Å². The maximum Gasteiger partial charge on any atom is 0.211 e. The summed E-state index contributed by atoms with van der Waals surface area (Å²) < 4.78 is 12.5. The quantitative estimate of drug-likeness (QED) is 0.198. The summed E-state index contributed by atoms with van der Waals surface area (Å²) in [5.41, 5.74) is 13.2. The summed E-state index contributed by atoms with van der Waals surface area (Å²) in [4.78, 5) is 24.0. The van der Waals surface area contributed by atoms with E-state index in [0.717, 1.165) is 38.8 Å². The first-order valence-corrected chi connectivity index (χ1v) is 12.0. The number of rotatable bonds is 7. The molecule has 5 aromatic rings. The van der Waals surface area contributed by atoms with Crippen LogP contribution in [0.5, 0.6) is 0 Å². The molecule has 1 amide bonds. The molecule has 0 spiro atoms. The zero-order valence-corrected chi connectivity index (χ0v) is 24.8. The monoisotopic (exact) mass is 600 g/mol. The topological polar surface area (TPSA) is 121 Å². The minimum absolute atomic E-state index is 0. The summed E-state index contributed by atoms with van der Waals surface area (Å²) in [6.07, 6.45) is 4.21. The third kappa shape index (κ3) is 7.01. The summed E-state index contributed by atoms with van der Waals surface area (Å²) in [5.74, 6) is 0.313. The molecule has 11 heteroatoms. The Morgan fingerprint density at radius 3 is 2.64 bits per heavy atom. The van der Waals surface area contributed by atoms with Crippen molar-refractivity contribution in [3.05, 3.63) is 90.2 Å². The summed E-state index contributed by atoms with van der Waals surface area (Å²) in [6.45, 7) is 8.80. The molecule has 0 aliphatic carbocycles. The number of nitrogens with one attached hydrogen (secondary N) is 3. The van der Waals surface area contributed by atoms with Crippen LogP contribution < -0.4 is 10.6 Å². The van der Waals surface area contributed by atoms with E-state index in [0.29, 0.717) is 24.6 Å². The minimum atomic E-state index is -0.333. The largest absolute Gasteiger partial charge is 0.410 e. The Morgan fingerprint density at radius 2 is 1.92 bits per heavy atom. The Balaban J connectivity index is 0.000000788. The Labute approximate surface area is 251 Å². The number of amides is 1. The van der Waals surface area contributed by atoms with Gasteiger partial charge >= 0.3 is 0 Å². The van der Waals surface area contributed by atoms with Gasteiger partial charge in [-0.25, -0.2) is 8.91 Å². The SMILES string of the molecule is C=C(C)F.CC(C)c1cnn2c(NCc3ccccc3-c3nccc4cc(NC=O)ccc34)nc([NH-])nc12.[Y]. The second-order valence-corrected chi connectivity index (χ2v) is 8.91. The average molecular weight is 600 g/mol. The molecule has 197 valence electrons. The van der Waals surface area contributed by atoms with Gasteiger partial charge in [-0.15, -0.1) is 0 Å². The smallest absolute Gasteiger partial charge is 0.211 e. The zero-order chi connectivity index (χ0) is 27.2. The number of allylic oxidation sites excluding steroid dienone is 1. The van der Waals surface area contributed by atoms with E-state index in [-0.39, 0.29) is 50.4 Å². The molecule has 3 heterocycles. The summed E-state index contributed by atoms with van der Waals surface area (Å²) in [6, 6.07) is 15.7. The van der Waals surface area contributed by atoms with Gasteiger partial charge in [0.05, 0.1) is 23.4 Å². The van der Waals surface area contributed by atoms with E-state index >= 15 is 0 Å². The third-order valence-corrected chi connectivity index (χ3v) is 5.72. The molecule has 0 aliphatic rings. The van der Waals surface area contributed by atoms with E-state index in [2.05, 4.69) is 51.1 Å². The molecule has 0 bridgehead atoms. The van der Waals surface area contributed by atoms with Crippen molar-refractivity contribution in [1.29, 1.82) is 0 Å². The average Bonchev–Trinajstić information content (AvgIpc) is 3.31. The molecule has 0 saturated carbocycles. The van der Waals surface area contributed by atoms with E-state index in [9.17, 15) is 9.18 Å². The van der Waals surface area contributed by atoms with Crippen LogP contribution in [0.2, 0.25) is 0 Å². The maximum atomic E-state index is 10.8. The Bertz CT molecular complexity index is 1610. The minimum Gasteiger partial charge on any atom is -0.410 e. The number of nitrogens with zero attached hydrogens (tertiary/aromatic N) is 5. The van der Waals surface area contributed by atoms with Crippen molar-refractivity contribution in [3.8, 4) is 11.3 Å². The van der Waals surface area contributed by atoms with Crippen molar-refractivity contribution >= 4 is 40.4 Å². The number of pyridine rings is 1. The van der Waals surface area contributed by atoms with Crippen LogP contribution in [0.25, 0.3) is 33.4 Å². The van der Waals surface area contributed by atoms with Crippen LogP contribution in [0.15, 0.2) is 73.3 Å². The molecule has 0 fully saturated rings. The fourth-order valence-electron chi connectivity index (χ4n) is 4.05. The second kappa shape index (κ2) is 13.3. The van der Waals surface area contributed by atoms with Crippen molar-refractivity contribution in [2.75, 3.05) is 10.6 Å². The third-order valence-electron chi connectivity index (χ3n) is 5.72. The van der Waals surface area contributed by atoms with Crippen LogP contribution in [-0.4, -0.2) is 31.0 Å². The first-order valence-electron chi connectivity index (χ1n) is 12.0. The van der Waals surface area contributed by atoms with Crippen molar-refractivity contribution in [2.45, 2.75) is 33.2 Å². The van der Waals surface area contributed by atoms with Gasteiger partial charge in [0.25, 0.3) is 0 Å². The number of hydrogen-bond acceptors (Lipinski definition) is 6. The van der Waals surface area contributed by atoms with E-state index in [1.165, 1.54) is 6.92 Å².